The Balaban J connectivity index is 1.95. The maximum atomic E-state index is 12.1. The van der Waals surface area contributed by atoms with E-state index in [1.807, 2.05) is 4.90 Å². The van der Waals surface area contributed by atoms with Crippen molar-refractivity contribution in [2.45, 2.75) is 38.2 Å². The molecule has 0 bridgehead atoms. The average Bonchev–Trinajstić information content (AvgIpc) is 2.76. The molecule has 2 rings (SSSR count). The number of alkyl halides is 3. The lowest BCUT2D eigenvalue weighted by atomic mass is 10.1. The van der Waals surface area contributed by atoms with Crippen LogP contribution in [0.2, 0.25) is 0 Å². The second-order valence-electron chi connectivity index (χ2n) is 5.06. The van der Waals surface area contributed by atoms with E-state index in [2.05, 4.69) is 4.74 Å². The highest BCUT2D eigenvalue weighted by Crippen LogP contribution is 2.25. The number of hydrogen-bond acceptors (Lipinski definition) is 3. The van der Waals surface area contributed by atoms with Crippen LogP contribution in [0.4, 0.5) is 13.2 Å². The van der Waals surface area contributed by atoms with Gasteiger partial charge >= 0.3 is 12.3 Å². The molecule has 7 heteroatoms. The third-order valence-electron chi connectivity index (χ3n) is 3.45. The van der Waals surface area contributed by atoms with Crippen LogP contribution >= 0.6 is 0 Å². The van der Waals surface area contributed by atoms with Gasteiger partial charge in [0.15, 0.2) is 0 Å². The molecule has 0 saturated carbocycles. The summed E-state index contributed by atoms with van der Waals surface area (Å²) in [5, 5.41) is 8.85. The van der Waals surface area contributed by atoms with Crippen molar-refractivity contribution in [1.82, 2.24) is 4.90 Å². The molecule has 116 valence electrons. The predicted molar refractivity (Wildman–Crippen MR) is 68.8 cm³/mol. The van der Waals surface area contributed by atoms with Gasteiger partial charge in [-0.15, -0.1) is 13.2 Å². The van der Waals surface area contributed by atoms with E-state index in [9.17, 15) is 18.0 Å². The fourth-order valence-electron chi connectivity index (χ4n) is 2.57. The summed E-state index contributed by atoms with van der Waals surface area (Å²) in [5.41, 5.74) is 0.835. The molecule has 1 saturated heterocycles. The number of aliphatic carboxylic acids is 1. The number of carbonyl (C=O) groups is 1. The lowest BCUT2D eigenvalue weighted by Crippen LogP contribution is -2.30. The van der Waals surface area contributed by atoms with E-state index in [1.54, 1.807) is 12.1 Å². The molecule has 0 amide bonds. The number of rotatable bonds is 5. The first-order valence-electron chi connectivity index (χ1n) is 6.64. The Morgan fingerprint density at radius 1 is 1.33 bits per heavy atom. The molecule has 1 aromatic rings. The van der Waals surface area contributed by atoms with Crippen LogP contribution in [-0.4, -0.2) is 34.9 Å². The molecule has 1 aliphatic rings. The van der Waals surface area contributed by atoms with Gasteiger partial charge in [0.1, 0.15) is 5.75 Å². The van der Waals surface area contributed by atoms with Crippen LogP contribution in [-0.2, 0) is 11.3 Å². The van der Waals surface area contributed by atoms with Gasteiger partial charge in [0.05, 0.1) is 6.42 Å². The molecule has 1 fully saturated rings. The van der Waals surface area contributed by atoms with Gasteiger partial charge < -0.3 is 9.84 Å². The van der Waals surface area contributed by atoms with Crippen LogP contribution < -0.4 is 4.74 Å². The number of benzene rings is 1. The molecule has 1 heterocycles. The summed E-state index contributed by atoms with van der Waals surface area (Å²) in [6.45, 7) is 1.34. The van der Waals surface area contributed by atoms with Crippen LogP contribution in [0.1, 0.15) is 24.8 Å². The van der Waals surface area contributed by atoms with Crippen LogP contribution in [0.3, 0.4) is 0 Å². The maximum Gasteiger partial charge on any atom is 0.573 e. The summed E-state index contributed by atoms with van der Waals surface area (Å²) in [5.74, 6) is -1.09. The molecular formula is C14H16F3NO3. The standard InChI is InChI=1S/C14H16F3NO3/c15-14(16,17)21-12-5-3-10(4-6-12)9-18-7-1-2-11(18)8-13(19)20/h3-6,11H,1-2,7-9H2,(H,19,20). The molecule has 1 aliphatic heterocycles. The predicted octanol–water partition coefficient (Wildman–Crippen LogP) is 3.02. The highest BCUT2D eigenvalue weighted by Gasteiger charge is 2.31. The minimum Gasteiger partial charge on any atom is -0.481 e. The Labute approximate surface area is 120 Å². The first-order chi connectivity index (χ1) is 9.83. The highest BCUT2D eigenvalue weighted by atomic mass is 19.4. The number of nitrogens with zero attached hydrogens (tertiary/aromatic N) is 1. The van der Waals surface area contributed by atoms with E-state index in [4.69, 9.17) is 5.11 Å². The van der Waals surface area contributed by atoms with Crippen LogP contribution in [0, 0.1) is 0 Å². The van der Waals surface area contributed by atoms with Crippen molar-refractivity contribution < 1.29 is 27.8 Å². The molecule has 0 aliphatic carbocycles. The van der Waals surface area contributed by atoms with E-state index in [-0.39, 0.29) is 18.2 Å². The summed E-state index contributed by atoms with van der Waals surface area (Å²) < 4.78 is 40.0. The zero-order valence-corrected chi connectivity index (χ0v) is 11.3. The number of likely N-dealkylation sites (tertiary alicyclic amines) is 1. The SMILES string of the molecule is O=C(O)CC1CCCN1Cc1ccc(OC(F)(F)F)cc1. The Bertz CT molecular complexity index is 487. The van der Waals surface area contributed by atoms with Crippen LogP contribution in [0.25, 0.3) is 0 Å². The van der Waals surface area contributed by atoms with Crippen molar-refractivity contribution in [1.29, 1.82) is 0 Å². The van der Waals surface area contributed by atoms with Gasteiger partial charge in [-0.2, -0.15) is 0 Å². The summed E-state index contributed by atoms with van der Waals surface area (Å²) in [4.78, 5) is 12.8. The van der Waals surface area contributed by atoms with Crippen molar-refractivity contribution in [3.8, 4) is 5.75 Å². The molecule has 1 unspecified atom stereocenters. The molecular weight excluding hydrogens is 287 g/mol. The van der Waals surface area contributed by atoms with E-state index in [0.29, 0.717) is 6.54 Å². The summed E-state index contributed by atoms with van der Waals surface area (Å²) in [7, 11) is 0. The van der Waals surface area contributed by atoms with Gasteiger partial charge in [0, 0.05) is 12.6 Å². The Hall–Kier alpha value is -1.76. The van der Waals surface area contributed by atoms with Crippen LogP contribution in [0.15, 0.2) is 24.3 Å². The van der Waals surface area contributed by atoms with E-state index in [0.717, 1.165) is 24.9 Å². The van der Waals surface area contributed by atoms with Crippen molar-refractivity contribution in [2.24, 2.45) is 0 Å². The zero-order valence-electron chi connectivity index (χ0n) is 11.3. The lowest BCUT2D eigenvalue weighted by Gasteiger charge is -2.23. The molecule has 1 N–H and O–H groups in total. The van der Waals surface area contributed by atoms with Gasteiger partial charge in [-0.1, -0.05) is 12.1 Å². The van der Waals surface area contributed by atoms with Gasteiger partial charge in [0.2, 0.25) is 0 Å². The third kappa shape index (κ3) is 4.93. The monoisotopic (exact) mass is 303 g/mol. The normalized spacial score (nSPS) is 19.7. The molecule has 0 spiro atoms. The first-order valence-corrected chi connectivity index (χ1v) is 6.64. The Kier molecular flexibility index (Phi) is 4.72. The minimum atomic E-state index is -4.69. The number of hydrogen-bond donors (Lipinski definition) is 1. The molecule has 21 heavy (non-hydrogen) atoms. The van der Waals surface area contributed by atoms with Gasteiger partial charge in [0.25, 0.3) is 0 Å². The van der Waals surface area contributed by atoms with Crippen molar-refractivity contribution in [3.05, 3.63) is 29.8 Å². The van der Waals surface area contributed by atoms with Crippen molar-refractivity contribution >= 4 is 5.97 Å². The quantitative estimate of drug-likeness (QED) is 0.908. The smallest absolute Gasteiger partial charge is 0.481 e. The summed E-state index contributed by atoms with van der Waals surface area (Å²) in [6.07, 6.45) is -2.83. The topological polar surface area (TPSA) is 49.8 Å². The van der Waals surface area contributed by atoms with Crippen molar-refractivity contribution in [3.63, 3.8) is 0 Å². The fourth-order valence-corrected chi connectivity index (χ4v) is 2.57. The summed E-state index contributed by atoms with van der Waals surface area (Å²) in [6, 6.07) is 5.67. The Morgan fingerprint density at radius 3 is 2.57 bits per heavy atom. The van der Waals surface area contributed by atoms with E-state index in [1.165, 1.54) is 12.1 Å². The average molecular weight is 303 g/mol. The minimum absolute atomic E-state index is 0.00592. The molecule has 0 radical (unpaired) electrons. The third-order valence-corrected chi connectivity index (χ3v) is 3.45. The number of carboxylic acid groups (broad SMARTS) is 1. The largest absolute Gasteiger partial charge is 0.573 e. The molecule has 4 nitrogen and oxygen atoms in total. The van der Waals surface area contributed by atoms with E-state index >= 15 is 0 Å². The molecule has 0 aromatic heterocycles. The number of carboxylic acids is 1. The number of ether oxygens (including phenoxy) is 1. The van der Waals surface area contributed by atoms with Gasteiger partial charge in [-0.05, 0) is 37.1 Å². The Morgan fingerprint density at radius 2 is 2.00 bits per heavy atom. The zero-order chi connectivity index (χ0) is 15.5. The summed E-state index contributed by atoms with van der Waals surface area (Å²) >= 11 is 0. The lowest BCUT2D eigenvalue weighted by molar-refractivity contribution is -0.274. The second-order valence-corrected chi connectivity index (χ2v) is 5.06. The van der Waals surface area contributed by atoms with Gasteiger partial charge in [-0.25, -0.2) is 0 Å². The van der Waals surface area contributed by atoms with E-state index < -0.39 is 12.3 Å². The number of halogens is 3. The first kappa shape index (κ1) is 15.6. The fraction of sp³-hybridized carbons (Fsp3) is 0.500. The van der Waals surface area contributed by atoms with Crippen molar-refractivity contribution in [2.75, 3.05) is 6.54 Å². The second kappa shape index (κ2) is 6.34. The molecule has 1 aromatic carbocycles. The van der Waals surface area contributed by atoms with Gasteiger partial charge in [-0.3, -0.25) is 9.69 Å². The maximum absolute atomic E-state index is 12.1. The molecule has 1 atom stereocenters. The van der Waals surface area contributed by atoms with Crippen LogP contribution in [0.5, 0.6) is 5.75 Å². The highest BCUT2D eigenvalue weighted by molar-refractivity contribution is 5.67.